The number of nitro benzene ring substituents is 1. The van der Waals surface area contributed by atoms with Crippen molar-refractivity contribution in [1.82, 2.24) is 5.32 Å². The monoisotopic (exact) mass is 311 g/mol. The first-order valence-electron chi connectivity index (χ1n) is 7.03. The lowest BCUT2D eigenvalue weighted by Gasteiger charge is -2.10. The van der Waals surface area contributed by atoms with Gasteiger partial charge in [-0.3, -0.25) is 14.9 Å². The lowest BCUT2D eigenvalue weighted by molar-refractivity contribution is -0.384. The normalized spacial score (nSPS) is 13.8. The largest absolute Gasteiger partial charge is 0.378 e. The van der Waals surface area contributed by atoms with Crippen LogP contribution in [0, 0.1) is 16.0 Å². The summed E-state index contributed by atoms with van der Waals surface area (Å²) in [5, 5.41) is 17.1. The third kappa shape index (κ3) is 4.07. The van der Waals surface area contributed by atoms with E-state index < -0.39 is 4.92 Å². The second-order valence-corrected chi connectivity index (χ2v) is 5.60. The van der Waals surface area contributed by atoms with Crippen LogP contribution >= 0.6 is 11.6 Å². The number of carbonyl (C=O) groups is 1. The van der Waals surface area contributed by atoms with Crippen molar-refractivity contribution in [2.24, 2.45) is 5.92 Å². The van der Waals surface area contributed by atoms with Gasteiger partial charge in [0.2, 0.25) is 0 Å². The van der Waals surface area contributed by atoms with E-state index in [4.69, 9.17) is 11.6 Å². The molecule has 0 heterocycles. The van der Waals surface area contributed by atoms with Gasteiger partial charge in [-0.2, -0.15) is 0 Å². The van der Waals surface area contributed by atoms with E-state index in [1.165, 1.54) is 12.1 Å². The van der Waals surface area contributed by atoms with Crippen molar-refractivity contribution in [1.29, 1.82) is 0 Å². The smallest absolute Gasteiger partial charge is 0.294 e. The van der Waals surface area contributed by atoms with E-state index in [0.717, 1.165) is 19.3 Å². The van der Waals surface area contributed by atoms with Gasteiger partial charge in [-0.1, -0.05) is 18.5 Å². The Kier molecular flexibility index (Phi) is 5.01. The summed E-state index contributed by atoms with van der Waals surface area (Å²) in [6.07, 6.45) is 3.07. The number of nitrogens with one attached hydrogen (secondary N) is 2. The van der Waals surface area contributed by atoms with Crippen LogP contribution in [0.2, 0.25) is 5.02 Å². The second kappa shape index (κ2) is 6.76. The quantitative estimate of drug-likeness (QED) is 0.598. The van der Waals surface area contributed by atoms with Gasteiger partial charge in [0.1, 0.15) is 5.69 Å². The highest BCUT2D eigenvalue weighted by Gasteiger charge is 2.24. The maximum atomic E-state index is 12.0. The molecule has 1 saturated carbocycles. The molecule has 7 heteroatoms. The van der Waals surface area contributed by atoms with E-state index in [0.29, 0.717) is 19.0 Å². The number of rotatable bonds is 7. The van der Waals surface area contributed by atoms with Crippen LogP contribution in [0.5, 0.6) is 0 Å². The highest BCUT2D eigenvalue weighted by Crippen LogP contribution is 2.34. The van der Waals surface area contributed by atoms with Crippen LogP contribution in [0.4, 0.5) is 11.4 Å². The summed E-state index contributed by atoms with van der Waals surface area (Å²) in [5.74, 6) is 0.221. The van der Waals surface area contributed by atoms with Crippen LogP contribution in [0.3, 0.4) is 0 Å². The first-order chi connectivity index (χ1) is 10.0. The molecular formula is C14H18ClN3O3. The van der Waals surface area contributed by atoms with Crippen LogP contribution in [0.25, 0.3) is 0 Å². The minimum atomic E-state index is -0.526. The third-order valence-corrected chi connectivity index (χ3v) is 3.63. The van der Waals surface area contributed by atoms with Gasteiger partial charge in [0.15, 0.2) is 0 Å². The van der Waals surface area contributed by atoms with Gasteiger partial charge >= 0.3 is 0 Å². The average molecular weight is 312 g/mol. The summed E-state index contributed by atoms with van der Waals surface area (Å²) in [6, 6.07) is 2.74. The Morgan fingerprint density at radius 1 is 1.48 bits per heavy atom. The molecule has 1 aromatic rings. The van der Waals surface area contributed by atoms with Crippen molar-refractivity contribution in [2.75, 3.05) is 18.4 Å². The highest BCUT2D eigenvalue weighted by molar-refractivity contribution is 6.34. The topological polar surface area (TPSA) is 84.3 Å². The first-order valence-corrected chi connectivity index (χ1v) is 7.40. The van der Waals surface area contributed by atoms with E-state index in [2.05, 4.69) is 10.6 Å². The molecule has 1 aliphatic carbocycles. The van der Waals surface area contributed by atoms with Gasteiger partial charge in [0.25, 0.3) is 11.6 Å². The number of nitro groups is 1. The van der Waals surface area contributed by atoms with Crippen LogP contribution in [0.1, 0.15) is 36.5 Å². The summed E-state index contributed by atoms with van der Waals surface area (Å²) in [6.45, 7) is 3.14. The molecule has 0 bridgehead atoms. The SMILES string of the molecule is CCCNc1c(Cl)cc(C(=O)NCC2CC2)cc1[N+](=O)[O-]. The molecule has 6 nitrogen and oxygen atoms in total. The summed E-state index contributed by atoms with van der Waals surface area (Å²) >= 11 is 6.09. The number of amides is 1. The Hall–Kier alpha value is -1.82. The number of hydrogen-bond donors (Lipinski definition) is 2. The minimum absolute atomic E-state index is 0.174. The van der Waals surface area contributed by atoms with Crippen LogP contribution < -0.4 is 10.6 Å². The number of nitrogens with zero attached hydrogens (tertiary/aromatic N) is 1. The molecule has 114 valence electrons. The van der Waals surface area contributed by atoms with Crippen molar-refractivity contribution in [3.05, 3.63) is 32.8 Å². The van der Waals surface area contributed by atoms with Crippen LogP contribution in [-0.4, -0.2) is 23.9 Å². The number of hydrogen-bond acceptors (Lipinski definition) is 4. The molecule has 1 amide bonds. The number of anilines is 1. The second-order valence-electron chi connectivity index (χ2n) is 5.19. The molecule has 0 aromatic heterocycles. The van der Waals surface area contributed by atoms with Gasteiger partial charge < -0.3 is 10.6 Å². The van der Waals surface area contributed by atoms with E-state index in [1.54, 1.807) is 0 Å². The summed E-state index contributed by atoms with van der Waals surface area (Å²) < 4.78 is 0. The molecule has 2 rings (SSSR count). The molecule has 0 atom stereocenters. The third-order valence-electron chi connectivity index (χ3n) is 3.33. The van der Waals surface area contributed by atoms with E-state index in [-0.39, 0.29) is 27.9 Å². The fourth-order valence-corrected chi connectivity index (χ4v) is 2.23. The summed E-state index contributed by atoms with van der Waals surface area (Å²) in [4.78, 5) is 22.7. The van der Waals surface area contributed by atoms with Crippen molar-refractivity contribution in [3.8, 4) is 0 Å². The Morgan fingerprint density at radius 2 is 2.19 bits per heavy atom. The molecule has 0 saturated heterocycles. The zero-order valence-electron chi connectivity index (χ0n) is 11.8. The standard InChI is InChI=1S/C14H18ClN3O3/c1-2-5-16-13-11(15)6-10(7-12(13)18(20)21)14(19)17-8-9-3-4-9/h6-7,9,16H,2-5,8H2,1H3,(H,17,19). The van der Waals surface area contributed by atoms with Crippen molar-refractivity contribution < 1.29 is 9.72 Å². The van der Waals surface area contributed by atoms with E-state index in [9.17, 15) is 14.9 Å². The Labute approximate surface area is 128 Å². The predicted molar refractivity (Wildman–Crippen MR) is 81.9 cm³/mol. The molecular weight excluding hydrogens is 294 g/mol. The van der Waals surface area contributed by atoms with Gasteiger partial charge in [-0.25, -0.2) is 0 Å². The lowest BCUT2D eigenvalue weighted by atomic mass is 10.1. The van der Waals surface area contributed by atoms with Crippen molar-refractivity contribution >= 4 is 28.9 Å². The first kappa shape index (κ1) is 15.6. The predicted octanol–water partition coefficient (Wildman–Crippen LogP) is 3.21. The summed E-state index contributed by atoms with van der Waals surface area (Å²) in [7, 11) is 0. The maximum absolute atomic E-state index is 12.0. The Balaban J connectivity index is 2.21. The molecule has 0 aliphatic heterocycles. The molecule has 1 aliphatic rings. The van der Waals surface area contributed by atoms with Crippen molar-refractivity contribution in [3.63, 3.8) is 0 Å². The zero-order chi connectivity index (χ0) is 15.4. The van der Waals surface area contributed by atoms with Crippen LogP contribution in [0.15, 0.2) is 12.1 Å². The van der Waals surface area contributed by atoms with Gasteiger partial charge in [-0.05, 0) is 31.2 Å². The molecule has 0 unspecified atom stereocenters. The number of benzene rings is 1. The average Bonchev–Trinajstić information content (AvgIpc) is 3.26. The van der Waals surface area contributed by atoms with Crippen LogP contribution in [-0.2, 0) is 0 Å². The number of carbonyl (C=O) groups excluding carboxylic acids is 1. The maximum Gasteiger partial charge on any atom is 0.294 e. The lowest BCUT2D eigenvalue weighted by Crippen LogP contribution is -2.25. The van der Waals surface area contributed by atoms with Gasteiger partial charge in [-0.15, -0.1) is 0 Å². The molecule has 2 N–H and O–H groups in total. The molecule has 1 aromatic carbocycles. The Bertz CT molecular complexity index is 559. The number of halogens is 1. The minimum Gasteiger partial charge on any atom is -0.378 e. The van der Waals surface area contributed by atoms with Gasteiger partial charge in [0.05, 0.1) is 9.95 Å². The Morgan fingerprint density at radius 3 is 2.76 bits per heavy atom. The van der Waals surface area contributed by atoms with E-state index >= 15 is 0 Å². The molecule has 21 heavy (non-hydrogen) atoms. The zero-order valence-corrected chi connectivity index (χ0v) is 12.6. The summed E-state index contributed by atoms with van der Waals surface area (Å²) in [5.41, 5.74) is 0.309. The fourth-order valence-electron chi connectivity index (χ4n) is 1.95. The molecule has 0 spiro atoms. The van der Waals surface area contributed by atoms with E-state index in [1.807, 2.05) is 6.92 Å². The fraction of sp³-hybridized carbons (Fsp3) is 0.500. The van der Waals surface area contributed by atoms with Crippen molar-refractivity contribution in [2.45, 2.75) is 26.2 Å². The molecule has 0 radical (unpaired) electrons. The molecule has 1 fully saturated rings. The van der Waals surface area contributed by atoms with Gasteiger partial charge in [0, 0.05) is 24.7 Å². The highest BCUT2D eigenvalue weighted by atomic mass is 35.5.